The number of aromatic nitrogens is 2. The van der Waals surface area contributed by atoms with E-state index in [1.165, 1.54) is 17.0 Å². The zero-order valence-electron chi connectivity index (χ0n) is 16.4. The van der Waals surface area contributed by atoms with Crippen LogP contribution in [0.3, 0.4) is 0 Å². The molecule has 1 saturated heterocycles. The minimum atomic E-state index is -0.491. The van der Waals surface area contributed by atoms with E-state index in [9.17, 15) is 9.18 Å². The zero-order valence-corrected chi connectivity index (χ0v) is 17.2. The van der Waals surface area contributed by atoms with Gasteiger partial charge in [-0.1, -0.05) is 19.1 Å². The highest BCUT2D eigenvalue weighted by Gasteiger charge is 2.21. The lowest BCUT2D eigenvalue weighted by Crippen LogP contribution is -2.48. The molecule has 1 aromatic carbocycles. The topological polar surface area (TPSA) is 61.4 Å². The summed E-state index contributed by atoms with van der Waals surface area (Å²) in [5.41, 5.74) is 0.0901. The molecule has 4 rings (SSSR count). The first-order chi connectivity index (χ1) is 14.2. The van der Waals surface area contributed by atoms with E-state index in [0.29, 0.717) is 6.54 Å². The summed E-state index contributed by atoms with van der Waals surface area (Å²) in [6.45, 7) is 6.94. The summed E-state index contributed by atoms with van der Waals surface area (Å²) < 4.78 is 13.7. The van der Waals surface area contributed by atoms with Crippen LogP contribution in [-0.4, -0.2) is 60.0 Å². The lowest BCUT2D eigenvalue weighted by molar-refractivity contribution is 0.0943. The summed E-state index contributed by atoms with van der Waals surface area (Å²) in [6, 6.07) is 8.25. The number of carbonyl (C=O) groups excluding carboxylic acids is 1. The van der Waals surface area contributed by atoms with Crippen LogP contribution >= 0.6 is 11.3 Å². The Morgan fingerprint density at radius 1 is 1.21 bits per heavy atom. The number of benzene rings is 1. The van der Waals surface area contributed by atoms with Crippen molar-refractivity contribution >= 4 is 33.3 Å². The van der Waals surface area contributed by atoms with Gasteiger partial charge < -0.3 is 10.2 Å². The SMILES string of the molecule is CCc1cc2c(N3CCN(CCNC(=O)c4ccccc4F)CC3)ncnc2s1. The maximum Gasteiger partial charge on any atom is 0.254 e. The molecule has 1 aliphatic heterocycles. The molecule has 0 atom stereocenters. The molecule has 0 aliphatic carbocycles. The van der Waals surface area contributed by atoms with Crippen LogP contribution in [0.5, 0.6) is 0 Å². The second-order valence-electron chi connectivity index (χ2n) is 7.05. The Labute approximate surface area is 173 Å². The average molecular weight is 414 g/mol. The molecule has 0 saturated carbocycles. The number of amides is 1. The van der Waals surface area contributed by atoms with E-state index in [1.807, 2.05) is 0 Å². The third kappa shape index (κ3) is 4.38. The first-order valence-electron chi connectivity index (χ1n) is 9.89. The number of anilines is 1. The average Bonchev–Trinajstić information content (AvgIpc) is 3.18. The van der Waals surface area contributed by atoms with Crippen LogP contribution in [0.15, 0.2) is 36.7 Å². The first-order valence-corrected chi connectivity index (χ1v) is 10.7. The fourth-order valence-corrected chi connectivity index (χ4v) is 4.50. The first kappa shape index (κ1) is 19.7. The Bertz CT molecular complexity index is 1000. The molecule has 3 heterocycles. The van der Waals surface area contributed by atoms with Crippen molar-refractivity contribution in [2.24, 2.45) is 0 Å². The van der Waals surface area contributed by atoms with Crippen molar-refractivity contribution in [1.82, 2.24) is 20.2 Å². The second-order valence-corrected chi connectivity index (χ2v) is 8.16. The Kier molecular flexibility index (Phi) is 6.01. The van der Waals surface area contributed by atoms with Crippen molar-refractivity contribution < 1.29 is 9.18 Å². The van der Waals surface area contributed by atoms with E-state index in [0.717, 1.165) is 55.2 Å². The van der Waals surface area contributed by atoms with E-state index in [4.69, 9.17) is 0 Å². The molecule has 0 spiro atoms. The van der Waals surface area contributed by atoms with Gasteiger partial charge in [0.15, 0.2) is 0 Å². The summed E-state index contributed by atoms with van der Waals surface area (Å²) in [5, 5.41) is 3.95. The van der Waals surface area contributed by atoms with Gasteiger partial charge in [0.2, 0.25) is 0 Å². The highest BCUT2D eigenvalue weighted by atomic mass is 32.1. The Hall–Kier alpha value is -2.58. The van der Waals surface area contributed by atoms with Crippen LogP contribution in [-0.2, 0) is 6.42 Å². The lowest BCUT2D eigenvalue weighted by Gasteiger charge is -2.35. The van der Waals surface area contributed by atoms with Gasteiger partial charge in [-0.05, 0) is 24.6 Å². The standard InChI is InChI=1S/C21H24FN5OS/c1-2-15-13-17-19(24-14-25-21(17)29-15)27-11-9-26(10-12-27)8-7-23-20(28)16-5-3-4-6-18(16)22/h3-6,13-14H,2,7-12H2,1H3,(H,23,28). The third-order valence-corrected chi connectivity index (χ3v) is 6.40. The van der Waals surface area contributed by atoms with E-state index in [2.05, 4.69) is 38.1 Å². The number of fused-ring (bicyclic) bond motifs is 1. The number of hydrogen-bond donors (Lipinski definition) is 1. The Balaban J connectivity index is 1.29. The molecule has 152 valence electrons. The number of thiophene rings is 1. The Morgan fingerprint density at radius 2 is 2.00 bits per heavy atom. The van der Waals surface area contributed by atoms with E-state index >= 15 is 0 Å². The maximum atomic E-state index is 13.7. The summed E-state index contributed by atoms with van der Waals surface area (Å²) in [4.78, 5) is 28.0. The number of halogens is 1. The van der Waals surface area contributed by atoms with Crippen molar-refractivity contribution in [1.29, 1.82) is 0 Å². The monoisotopic (exact) mass is 413 g/mol. The van der Waals surface area contributed by atoms with E-state index in [-0.39, 0.29) is 11.5 Å². The predicted octanol–water partition coefficient (Wildman–Crippen LogP) is 2.94. The molecule has 1 amide bonds. The second kappa shape index (κ2) is 8.84. The highest BCUT2D eigenvalue weighted by molar-refractivity contribution is 7.18. The number of piperazine rings is 1. The molecule has 3 aromatic rings. The van der Waals surface area contributed by atoms with E-state index < -0.39 is 5.82 Å². The fraction of sp³-hybridized carbons (Fsp3) is 0.381. The molecule has 1 N–H and O–H groups in total. The predicted molar refractivity (Wildman–Crippen MR) is 114 cm³/mol. The van der Waals surface area contributed by atoms with Crippen molar-refractivity contribution in [3.8, 4) is 0 Å². The van der Waals surface area contributed by atoms with Crippen LogP contribution in [0.4, 0.5) is 10.2 Å². The van der Waals surface area contributed by atoms with Gasteiger partial charge in [0.1, 0.15) is 22.8 Å². The molecule has 8 heteroatoms. The summed E-state index contributed by atoms with van der Waals surface area (Å²) in [5.74, 6) is 0.155. The van der Waals surface area contributed by atoms with Crippen molar-refractivity contribution in [2.45, 2.75) is 13.3 Å². The quantitative estimate of drug-likeness (QED) is 0.673. The largest absolute Gasteiger partial charge is 0.353 e. The van der Waals surface area contributed by atoms with Crippen LogP contribution in [0.25, 0.3) is 10.2 Å². The van der Waals surface area contributed by atoms with Gasteiger partial charge in [0.25, 0.3) is 5.91 Å². The molecule has 2 aromatic heterocycles. The molecule has 0 unspecified atom stereocenters. The van der Waals surface area contributed by atoms with Gasteiger partial charge in [0, 0.05) is 44.1 Å². The smallest absolute Gasteiger partial charge is 0.254 e. The summed E-state index contributed by atoms with van der Waals surface area (Å²) in [7, 11) is 0. The van der Waals surface area contributed by atoms with Crippen LogP contribution in [0, 0.1) is 5.82 Å². The van der Waals surface area contributed by atoms with Gasteiger partial charge in [0.05, 0.1) is 10.9 Å². The molecule has 0 radical (unpaired) electrons. The van der Waals surface area contributed by atoms with Gasteiger partial charge >= 0.3 is 0 Å². The van der Waals surface area contributed by atoms with Gasteiger partial charge in [-0.15, -0.1) is 11.3 Å². The fourth-order valence-electron chi connectivity index (χ4n) is 3.57. The van der Waals surface area contributed by atoms with Crippen LogP contribution in [0.2, 0.25) is 0 Å². The van der Waals surface area contributed by atoms with Crippen molar-refractivity contribution in [3.63, 3.8) is 0 Å². The Morgan fingerprint density at radius 3 is 2.76 bits per heavy atom. The molecular formula is C21H24FN5OS. The summed E-state index contributed by atoms with van der Waals surface area (Å²) >= 11 is 1.73. The molecule has 6 nitrogen and oxygen atoms in total. The molecule has 0 bridgehead atoms. The number of nitrogens with one attached hydrogen (secondary N) is 1. The number of nitrogens with zero attached hydrogens (tertiary/aromatic N) is 4. The highest BCUT2D eigenvalue weighted by Crippen LogP contribution is 2.30. The minimum absolute atomic E-state index is 0.0901. The number of carbonyl (C=O) groups is 1. The maximum absolute atomic E-state index is 13.7. The lowest BCUT2D eigenvalue weighted by atomic mass is 10.2. The third-order valence-electron chi connectivity index (χ3n) is 5.21. The zero-order chi connectivity index (χ0) is 20.2. The number of hydrogen-bond acceptors (Lipinski definition) is 6. The van der Waals surface area contributed by atoms with Crippen molar-refractivity contribution in [2.75, 3.05) is 44.2 Å². The van der Waals surface area contributed by atoms with Gasteiger partial charge in [-0.3, -0.25) is 9.69 Å². The van der Waals surface area contributed by atoms with Gasteiger partial charge in [-0.2, -0.15) is 0 Å². The molecule has 1 aliphatic rings. The number of aryl methyl sites for hydroxylation is 1. The molecule has 29 heavy (non-hydrogen) atoms. The normalized spacial score (nSPS) is 15.0. The minimum Gasteiger partial charge on any atom is -0.353 e. The van der Waals surface area contributed by atoms with E-state index in [1.54, 1.807) is 29.8 Å². The molecular weight excluding hydrogens is 389 g/mol. The summed E-state index contributed by atoms with van der Waals surface area (Å²) in [6.07, 6.45) is 2.66. The van der Waals surface area contributed by atoms with Crippen LogP contribution in [0.1, 0.15) is 22.2 Å². The van der Waals surface area contributed by atoms with Crippen LogP contribution < -0.4 is 10.2 Å². The van der Waals surface area contributed by atoms with Gasteiger partial charge in [-0.25, -0.2) is 14.4 Å². The number of rotatable bonds is 6. The molecule has 1 fully saturated rings. The van der Waals surface area contributed by atoms with Crippen molar-refractivity contribution in [3.05, 3.63) is 52.9 Å².